The van der Waals surface area contributed by atoms with Gasteiger partial charge in [0.05, 0.1) is 21.9 Å². The number of alkyl halides is 3. The van der Waals surface area contributed by atoms with Crippen LogP contribution in [0.4, 0.5) is 30.5 Å². The number of nitrogens with one attached hydrogen (secondary N) is 1. The van der Waals surface area contributed by atoms with Crippen molar-refractivity contribution in [1.29, 1.82) is 0 Å². The van der Waals surface area contributed by atoms with E-state index in [1.807, 2.05) is 36.4 Å². The van der Waals surface area contributed by atoms with Crippen LogP contribution in [0.1, 0.15) is 42.8 Å². The van der Waals surface area contributed by atoms with E-state index in [1.165, 1.54) is 0 Å². The number of nitro benzene ring substituents is 1. The summed E-state index contributed by atoms with van der Waals surface area (Å²) in [6, 6.07) is 13.6. The van der Waals surface area contributed by atoms with E-state index in [0.29, 0.717) is 28.7 Å². The molecule has 0 aliphatic carbocycles. The second-order valence-electron chi connectivity index (χ2n) is 9.34. The normalized spacial score (nSPS) is 14.6. The summed E-state index contributed by atoms with van der Waals surface area (Å²) in [5, 5.41) is 15.1. The van der Waals surface area contributed by atoms with E-state index in [2.05, 4.69) is 20.2 Å². The maximum Gasteiger partial charge on any atom is 0.416 e. The van der Waals surface area contributed by atoms with Crippen molar-refractivity contribution in [2.75, 3.05) is 23.3 Å². The molecular weight excluding hydrogens is 497 g/mol. The zero-order chi connectivity index (χ0) is 27.0. The summed E-state index contributed by atoms with van der Waals surface area (Å²) in [5.41, 5.74) is 0.734. The highest BCUT2D eigenvalue weighted by molar-refractivity contribution is 5.94. The van der Waals surface area contributed by atoms with Gasteiger partial charge in [-0.3, -0.25) is 10.1 Å². The number of non-ortho nitro benzene ring substituents is 1. The van der Waals surface area contributed by atoms with Crippen LogP contribution in [0.5, 0.6) is 0 Å². The number of pyridine rings is 1. The van der Waals surface area contributed by atoms with Crippen molar-refractivity contribution in [1.82, 2.24) is 15.0 Å². The highest BCUT2D eigenvalue weighted by atomic mass is 19.4. The van der Waals surface area contributed by atoms with Crippen LogP contribution in [-0.2, 0) is 6.18 Å². The number of hydrogen-bond acceptors (Lipinski definition) is 7. The Bertz CT molecular complexity index is 1500. The van der Waals surface area contributed by atoms with E-state index < -0.39 is 28.4 Å². The number of aromatic nitrogens is 3. The molecule has 1 aliphatic heterocycles. The van der Waals surface area contributed by atoms with Crippen LogP contribution in [-0.4, -0.2) is 33.0 Å². The monoisotopic (exact) mass is 522 g/mol. The molecule has 1 aliphatic rings. The van der Waals surface area contributed by atoms with E-state index in [4.69, 9.17) is 4.98 Å². The van der Waals surface area contributed by atoms with Crippen molar-refractivity contribution in [3.05, 3.63) is 81.7 Å². The lowest BCUT2D eigenvalue weighted by Crippen LogP contribution is -2.20. The molecule has 0 spiro atoms. The van der Waals surface area contributed by atoms with E-state index in [-0.39, 0.29) is 5.56 Å². The average Bonchev–Trinajstić information content (AvgIpc) is 3.42. The summed E-state index contributed by atoms with van der Waals surface area (Å²) in [5.74, 6) is 1.65. The third-order valence-electron chi connectivity index (χ3n) is 6.60. The van der Waals surface area contributed by atoms with Crippen LogP contribution in [0, 0.1) is 17.0 Å². The first-order chi connectivity index (χ1) is 18.1. The summed E-state index contributed by atoms with van der Waals surface area (Å²) >= 11 is 0. The quantitative estimate of drug-likeness (QED) is 0.222. The average molecular weight is 523 g/mol. The molecule has 3 heterocycles. The maximum absolute atomic E-state index is 13.5. The zero-order valence-electron chi connectivity index (χ0n) is 20.8. The highest BCUT2D eigenvalue weighted by Gasteiger charge is 2.33. The summed E-state index contributed by atoms with van der Waals surface area (Å²) < 4.78 is 40.4. The molecule has 1 fully saturated rings. The largest absolute Gasteiger partial charge is 0.416 e. The Hall–Kier alpha value is -4.28. The molecule has 4 aromatic rings. The molecular formula is C27H25F3N6O2. The Morgan fingerprint density at radius 2 is 1.74 bits per heavy atom. The van der Waals surface area contributed by atoms with Gasteiger partial charge < -0.3 is 10.2 Å². The fourth-order valence-electron chi connectivity index (χ4n) is 4.71. The first-order valence-corrected chi connectivity index (χ1v) is 12.2. The van der Waals surface area contributed by atoms with Gasteiger partial charge in [-0.25, -0.2) is 15.0 Å². The Labute approximate surface area is 216 Å². The molecule has 38 heavy (non-hydrogen) atoms. The second-order valence-corrected chi connectivity index (χ2v) is 9.34. The lowest BCUT2D eigenvalue weighted by molar-refractivity contribution is -0.385. The van der Waals surface area contributed by atoms with Gasteiger partial charge in [-0.2, -0.15) is 13.2 Å². The molecule has 8 nitrogen and oxygen atoms in total. The molecule has 2 aromatic heterocycles. The third-order valence-corrected chi connectivity index (χ3v) is 6.60. The topological polar surface area (TPSA) is 97.1 Å². The van der Waals surface area contributed by atoms with Gasteiger partial charge in [0.25, 0.3) is 5.69 Å². The van der Waals surface area contributed by atoms with E-state index in [0.717, 1.165) is 55.0 Å². The molecule has 1 N–H and O–H groups in total. The number of aryl methyl sites for hydroxylation is 1. The van der Waals surface area contributed by atoms with Crippen LogP contribution >= 0.6 is 0 Å². The van der Waals surface area contributed by atoms with Crippen molar-refractivity contribution < 1.29 is 18.1 Å². The summed E-state index contributed by atoms with van der Waals surface area (Å²) in [4.78, 5) is 26.7. The molecule has 0 amide bonds. The number of nitrogens with zero attached hydrogens (tertiary/aromatic N) is 5. The molecule has 1 saturated heterocycles. The minimum absolute atomic E-state index is 0.112. The fourth-order valence-corrected chi connectivity index (χ4v) is 4.71. The van der Waals surface area contributed by atoms with E-state index >= 15 is 0 Å². The molecule has 0 saturated carbocycles. The van der Waals surface area contributed by atoms with Crippen molar-refractivity contribution in [2.24, 2.45) is 0 Å². The third kappa shape index (κ3) is 5.09. The van der Waals surface area contributed by atoms with Crippen molar-refractivity contribution in [3.8, 4) is 11.1 Å². The van der Waals surface area contributed by atoms with Gasteiger partial charge >= 0.3 is 6.18 Å². The summed E-state index contributed by atoms with van der Waals surface area (Å²) in [6.07, 6.45) is -2.58. The van der Waals surface area contributed by atoms with Gasteiger partial charge in [0.2, 0.25) is 0 Å². The predicted molar refractivity (Wildman–Crippen MR) is 139 cm³/mol. The SMILES string of the molecule is Cc1nc(N[C@H](C)c2cc([N+](=O)[O-])cc(C(F)(F)F)c2)c2cc(-c3ccccc3)c(N3CCCC3)nc2n1. The first kappa shape index (κ1) is 25.4. The summed E-state index contributed by atoms with van der Waals surface area (Å²) in [6.45, 7) is 5.12. The van der Waals surface area contributed by atoms with Crippen LogP contribution < -0.4 is 10.2 Å². The number of anilines is 2. The first-order valence-electron chi connectivity index (χ1n) is 12.2. The number of rotatable bonds is 6. The molecule has 196 valence electrons. The molecule has 5 rings (SSSR count). The van der Waals surface area contributed by atoms with Crippen molar-refractivity contribution >= 4 is 28.4 Å². The Balaban J connectivity index is 1.61. The molecule has 0 unspecified atom stereocenters. The molecule has 11 heteroatoms. The molecule has 0 radical (unpaired) electrons. The molecule has 0 bridgehead atoms. The maximum atomic E-state index is 13.5. The van der Waals surface area contributed by atoms with Gasteiger partial charge in [0, 0.05) is 30.8 Å². The van der Waals surface area contributed by atoms with Crippen LogP contribution in [0.2, 0.25) is 0 Å². The Kier molecular flexibility index (Phi) is 6.60. The van der Waals surface area contributed by atoms with Gasteiger partial charge in [-0.05, 0) is 49.9 Å². The van der Waals surface area contributed by atoms with E-state index in [9.17, 15) is 23.3 Å². The highest BCUT2D eigenvalue weighted by Crippen LogP contribution is 2.37. The van der Waals surface area contributed by atoms with Gasteiger partial charge in [0.1, 0.15) is 17.5 Å². The molecule has 1 atom stereocenters. The number of fused-ring (bicyclic) bond motifs is 1. The minimum atomic E-state index is -4.72. The molecule has 2 aromatic carbocycles. The van der Waals surface area contributed by atoms with Gasteiger partial charge in [0.15, 0.2) is 5.65 Å². The second kappa shape index (κ2) is 9.88. The van der Waals surface area contributed by atoms with Crippen LogP contribution in [0.25, 0.3) is 22.2 Å². The number of halogens is 3. The van der Waals surface area contributed by atoms with E-state index in [1.54, 1.807) is 13.8 Å². The smallest absolute Gasteiger partial charge is 0.363 e. The van der Waals surface area contributed by atoms with Crippen molar-refractivity contribution in [2.45, 2.75) is 38.9 Å². The van der Waals surface area contributed by atoms with Crippen molar-refractivity contribution in [3.63, 3.8) is 0 Å². The lowest BCUT2D eigenvalue weighted by atomic mass is 10.0. The number of benzene rings is 2. The predicted octanol–water partition coefficient (Wildman–Crippen LogP) is 6.70. The Morgan fingerprint density at radius 3 is 2.39 bits per heavy atom. The van der Waals surface area contributed by atoms with Gasteiger partial charge in [-0.1, -0.05) is 30.3 Å². The van der Waals surface area contributed by atoms with Gasteiger partial charge in [-0.15, -0.1) is 0 Å². The minimum Gasteiger partial charge on any atom is -0.363 e. The number of nitro groups is 1. The number of hydrogen-bond donors (Lipinski definition) is 1. The Morgan fingerprint density at radius 1 is 1.03 bits per heavy atom. The lowest BCUT2D eigenvalue weighted by Gasteiger charge is -2.22. The zero-order valence-corrected chi connectivity index (χ0v) is 20.8. The fraction of sp³-hybridized carbons (Fsp3) is 0.296. The summed E-state index contributed by atoms with van der Waals surface area (Å²) in [7, 11) is 0. The standard InChI is InChI=1S/C27H25F3N6O2/c1-16(19-12-20(27(28,29)30)14-21(13-19)36(37)38)31-24-23-15-22(18-8-4-3-5-9-18)26(35-10-6-7-11-35)34-25(23)33-17(2)32-24/h3-5,8-9,12-16H,6-7,10-11H2,1-2H3,(H,31,32,33,34)/t16-/m1/s1. The van der Waals surface area contributed by atoms with Crippen LogP contribution in [0.3, 0.4) is 0 Å². The van der Waals surface area contributed by atoms with Crippen LogP contribution in [0.15, 0.2) is 54.6 Å².